The molecule has 0 saturated heterocycles. The first-order valence-electron chi connectivity index (χ1n) is 11.8. The Labute approximate surface area is 177 Å². The van der Waals surface area contributed by atoms with E-state index in [4.69, 9.17) is 0 Å². The number of rotatable bonds is 7. The molecular formula is C26H42O3. The maximum absolute atomic E-state index is 10.0. The van der Waals surface area contributed by atoms with Gasteiger partial charge in [0.2, 0.25) is 0 Å². The topological polar surface area (TPSA) is 60.7 Å². The van der Waals surface area contributed by atoms with Gasteiger partial charge in [0.05, 0.1) is 17.8 Å². The summed E-state index contributed by atoms with van der Waals surface area (Å²) < 4.78 is 0. The van der Waals surface area contributed by atoms with E-state index in [1.54, 1.807) is 0 Å². The quantitative estimate of drug-likeness (QED) is 0.540. The van der Waals surface area contributed by atoms with Crippen molar-refractivity contribution >= 4 is 0 Å². The number of hydrogen-bond acceptors (Lipinski definition) is 3. The molecule has 0 aromatic carbocycles. The summed E-state index contributed by atoms with van der Waals surface area (Å²) in [6.45, 7) is 8.76. The van der Waals surface area contributed by atoms with Crippen LogP contribution in [0.1, 0.15) is 85.5 Å². The van der Waals surface area contributed by atoms with Crippen LogP contribution >= 0.6 is 0 Å². The molecule has 0 radical (unpaired) electrons. The lowest BCUT2D eigenvalue weighted by Crippen LogP contribution is -2.35. The summed E-state index contributed by atoms with van der Waals surface area (Å²) in [5.74, 6) is 2.07. The fraction of sp³-hybridized carbons (Fsp3) is 0.769. The van der Waals surface area contributed by atoms with Crippen molar-refractivity contribution in [1.29, 1.82) is 0 Å². The van der Waals surface area contributed by atoms with Crippen LogP contribution in [0.3, 0.4) is 0 Å². The van der Waals surface area contributed by atoms with E-state index >= 15 is 0 Å². The van der Waals surface area contributed by atoms with E-state index in [0.29, 0.717) is 30.1 Å². The van der Waals surface area contributed by atoms with Crippen LogP contribution in [0.5, 0.6) is 0 Å². The minimum atomic E-state index is -0.553. The van der Waals surface area contributed by atoms with Gasteiger partial charge in [-0.3, -0.25) is 0 Å². The van der Waals surface area contributed by atoms with Gasteiger partial charge in [-0.15, -0.1) is 0 Å². The van der Waals surface area contributed by atoms with E-state index in [1.807, 2.05) is 19.9 Å². The smallest absolute Gasteiger partial charge is 0.0751 e. The third-order valence-electron chi connectivity index (χ3n) is 7.89. The highest BCUT2D eigenvalue weighted by molar-refractivity contribution is 5.34. The summed E-state index contributed by atoms with van der Waals surface area (Å²) in [4.78, 5) is 0. The maximum Gasteiger partial charge on any atom is 0.0751 e. The second-order valence-corrected chi connectivity index (χ2v) is 10.9. The van der Waals surface area contributed by atoms with E-state index < -0.39 is 17.8 Å². The zero-order valence-corrected chi connectivity index (χ0v) is 18.9. The highest BCUT2D eigenvalue weighted by Crippen LogP contribution is 2.58. The van der Waals surface area contributed by atoms with Crippen LogP contribution in [-0.4, -0.2) is 33.1 Å². The van der Waals surface area contributed by atoms with Gasteiger partial charge in [-0.05, 0) is 86.7 Å². The minimum absolute atomic E-state index is 0.364. The van der Waals surface area contributed by atoms with E-state index in [9.17, 15) is 15.3 Å². The number of hydrogen-bond donors (Lipinski definition) is 3. The average molecular weight is 403 g/mol. The van der Waals surface area contributed by atoms with Crippen molar-refractivity contribution in [1.82, 2.24) is 0 Å². The monoisotopic (exact) mass is 402 g/mol. The Kier molecular flexibility index (Phi) is 7.13. The number of allylic oxidation sites excluding steroid dienone is 4. The molecule has 0 aromatic rings. The Bertz CT molecular complexity index is 653. The molecule has 3 rings (SSSR count). The highest BCUT2D eigenvalue weighted by Gasteiger charge is 2.49. The second kappa shape index (κ2) is 9.08. The zero-order chi connectivity index (χ0) is 21.2. The van der Waals surface area contributed by atoms with Gasteiger partial charge < -0.3 is 15.3 Å². The first-order valence-corrected chi connectivity index (χ1v) is 11.8. The molecule has 0 spiro atoms. The summed E-state index contributed by atoms with van der Waals surface area (Å²) >= 11 is 0. The fourth-order valence-corrected chi connectivity index (χ4v) is 6.38. The molecule has 1 fully saturated rings. The van der Waals surface area contributed by atoms with Crippen LogP contribution in [0.25, 0.3) is 0 Å². The van der Waals surface area contributed by atoms with Crippen LogP contribution in [0.4, 0.5) is 0 Å². The van der Waals surface area contributed by atoms with E-state index in [-0.39, 0.29) is 0 Å². The molecule has 1 saturated carbocycles. The van der Waals surface area contributed by atoms with Gasteiger partial charge in [0, 0.05) is 6.42 Å². The van der Waals surface area contributed by atoms with Crippen LogP contribution < -0.4 is 0 Å². The van der Waals surface area contributed by atoms with E-state index in [2.05, 4.69) is 32.1 Å². The summed E-state index contributed by atoms with van der Waals surface area (Å²) in [7, 11) is 0. The van der Waals surface area contributed by atoms with Crippen molar-refractivity contribution in [2.45, 2.75) is 103 Å². The van der Waals surface area contributed by atoms with Gasteiger partial charge in [-0.2, -0.15) is 0 Å². The largest absolute Gasteiger partial charge is 0.393 e. The first kappa shape index (κ1) is 22.8. The summed E-state index contributed by atoms with van der Waals surface area (Å²) in [5, 5.41) is 29.8. The van der Waals surface area contributed by atoms with Crippen LogP contribution in [0, 0.1) is 23.2 Å². The molecular weight excluding hydrogens is 360 g/mol. The van der Waals surface area contributed by atoms with Crippen molar-refractivity contribution in [3.05, 3.63) is 35.5 Å². The van der Waals surface area contributed by atoms with Crippen molar-refractivity contribution in [2.75, 3.05) is 0 Å². The highest BCUT2D eigenvalue weighted by atomic mass is 16.3. The lowest BCUT2D eigenvalue weighted by Gasteiger charge is -2.43. The third kappa shape index (κ3) is 5.62. The van der Waals surface area contributed by atoms with E-state index in [1.165, 1.54) is 31.3 Å². The Morgan fingerprint density at radius 2 is 2.00 bits per heavy atom. The number of aliphatic hydroxyl groups excluding tert-OH is 2. The maximum atomic E-state index is 10.0. The van der Waals surface area contributed by atoms with Crippen molar-refractivity contribution in [3.8, 4) is 0 Å². The average Bonchev–Trinajstić information content (AvgIpc) is 2.95. The lowest BCUT2D eigenvalue weighted by molar-refractivity contribution is 0.0613. The molecule has 0 bridgehead atoms. The molecule has 0 amide bonds. The van der Waals surface area contributed by atoms with Gasteiger partial charge in [0.25, 0.3) is 0 Å². The predicted octanol–water partition coefficient (Wildman–Crippen LogP) is 5.31. The van der Waals surface area contributed by atoms with Crippen LogP contribution in [-0.2, 0) is 0 Å². The molecule has 0 aliphatic heterocycles. The Balaban J connectivity index is 1.65. The normalized spacial score (nSPS) is 36.7. The predicted molar refractivity (Wildman–Crippen MR) is 119 cm³/mol. The van der Waals surface area contributed by atoms with Gasteiger partial charge >= 0.3 is 0 Å². The van der Waals surface area contributed by atoms with Crippen molar-refractivity contribution < 1.29 is 15.3 Å². The Hall–Kier alpha value is -0.900. The van der Waals surface area contributed by atoms with E-state index in [0.717, 1.165) is 30.8 Å². The second-order valence-electron chi connectivity index (χ2n) is 10.9. The molecule has 3 aliphatic rings. The van der Waals surface area contributed by atoms with Gasteiger partial charge in [-0.25, -0.2) is 0 Å². The fourth-order valence-electron chi connectivity index (χ4n) is 6.38. The third-order valence-corrected chi connectivity index (χ3v) is 7.89. The van der Waals surface area contributed by atoms with Crippen molar-refractivity contribution in [3.63, 3.8) is 0 Å². The van der Waals surface area contributed by atoms with Crippen LogP contribution in [0.2, 0.25) is 0 Å². The minimum Gasteiger partial charge on any atom is -0.393 e. The molecule has 6 atom stereocenters. The standard InChI is InChI=1S/C26H42O3/c1-18(7-5-13-25(2,3)29)23-11-12-24-20(8-6-14-26(23,24)4)10-9-19-15-21(27)17-22(28)16-19/h8-10,15,18,21-24,27-29H,5-7,11-14,16-17H2,1-4H3/b10-9-/t18-,21-,22+,23-,24+,26-/m1/s1. The van der Waals surface area contributed by atoms with Gasteiger partial charge in [-0.1, -0.05) is 51.0 Å². The summed E-state index contributed by atoms with van der Waals surface area (Å²) in [5.41, 5.74) is 2.32. The molecule has 0 aromatic heterocycles. The molecule has 29 heavy (non-hydrogen) atoms. The zero-order valence-electron chi connectivity index (χ0n) is 18.9. The molecule has 3 aliphatic carbocycles. The number of aliphatic hydroxyl groups is 3. The van der Waals surface area contributed by atoms with Crippen molar-refractivity contribution in [2.24, 2.45) is 23.2 Å². The Morgan fingerprint density at radius 1 is 1.24 bits per heavy atom. The SMILES string of the molecule is C[C@H](CCCC(C)(C)O)[C@H]1CC[C@H]2C(/C=C\C3=C[C@@H](O)C[C@@H](O)C3)=CCC[C@]12C. The molecule has 3 N–H and O–H groups in total. The molecule has 3 nitrogen and oxygen atoms in total. The molecule has 3 heteroatoms. The molecule has 0 unspecified atom stereocenters. The van der Waals surface area contributed by atoms with Crippen LogP contribution in [0.15, 0.2) is 35.5 Å². The van der Waals surface area contributed by atoms with Gasteiger partial charge in [0.1, 0.15) is 0 Å². The summed E-state index contributed by atoms with van der Waals surface area (Å²) in [6, 6.07) is 0. The van der Waals surface area contributed by atoms with Gasteiger partial charge in [0.15, 0.2) is 0 Å². The Morgan fingerprint density at radius 3 is 2.69 bits per heavy atom. The number of fused-ring (bicyclic) bond motifs is 1. The molecule has 164 valence electrons. The first-order chi connectivity index (χ1) is 13.6. The lowest BCUT2D eigenvalue weighted by atomic mass is 9.62. The molecule has 0 heterocycles. The summed E-state index contributed by atoms with van der Waals surface area (Å²) in [6.07, 6.45) is 17.0.